The molecule has 4 rings (SSSR count). The Kier molecular flexibility index (Phi) is 4.34. The predicted octanol–water partition coefficient (Wildman–Crippen LogP) is 4.63. The van der Waals surface area contributed by atoms with E-state index in [-0.39, 0.29) is 0 Å². The first-order valence-electron chi connectivity index (χ1n) is 9.31. The first-order valence-corrected chi connectivity index (χ1v) is 9.31. The van der Waals surface area contributed by atoms with Crippen molar-refractivity contribution in [3.63, 3.8) is 0 Å². The molecule has 3 heterocycles. The second-order valence-corrected chi connectivity index (χ2v) is 7.45. The average molecular weight is 333 g/mol. The van der Waals surface area contributed by atoms with Gasteiger partial charge in [-0.15, -0.1) is 0 Å². The van der Waals surface area contributed by atoms with Crippen molar-refractivity contribution in [3.05, 3.63) is 58.4 Å². The van der Waals surface area contributed by atoms with E-state index in [4.69, 9.17) is 0 Å². The Bertz CT molecular complexity index is 896. The zero-order valence-corrected chi connectivity index (χ0v) is 15.5. The van der Waals surface area contributed by atoms with Gasteiger partial charge in [-0.3, -0.25) is 4.99 Å². The van der Waals surface area contributed by atoms with Gasteiger partial charge in [-0.05, 0) is 57.0 Å². The first-order chi connectivity index (χ1) is 12.1. The molecule has 0 fully saturated rings. The summed E-state index contributed by atoms with van der Waals surface area (Å²) in [7, 11) is 2.23. The topological polar surface area (TPSA) is 20.5 Å². The van der Waals surface area contributed by atoms with Crippen molar-refractivity contribution >= 4 is 17.1 Å². The monoisotopic (exact) mass is 333 g/mol. The lowest BCUT2D eigenvalue weighted by Gasteiger charge is -2.24. The van der Waals surface area contributed by atoms with Gasteiger partial charge in [0.2, 0.25) is 0 Å². The van der Waals surface area contributed by atoms with Crippen LogP contribution in [0.5, 0.6) is 0 Å². The molecule has 3 heteroatoms. The lowest BCUT2D eigenvalue weighted by atomic mass is 10.0. The van der Waals surface area contributed by atoms with Gasteiger partial charge < -0.3 is 9.47 Å². The fraction of sp³-hybridized carbons (Fsp3) is 0.409. The van der Waals surface area contributed by atoms with E-state index in [9.17, 15) is 0 Å². The van der Waals surface area contributed by atoms with Gasteiger partial charge in [0.05, 0.1) is 0 Å². The van der Waals surface area contributed by atoms with Crippen molar-refractivity contribution in [3.8, 4) is 0 Å². The Morgan fingerprint density at radius 2 is 2.04 bits per heavy atom. The highest BCUT2D eigenvalue weighted by atomic mass is 15.1. The summed E-state index contributed by atoms with van der Waals surface area (Å²) < 4.78 is 2.57. The molecule has 0 atom stereocenters. The van der Waals surface area contributed by atoms with Crippen molar-refractivity contribution in [1.82, 2.24) is 9.47 Å². The molecule has 0 N–H and O–H groups in total. The third-order valence-corrected chi connectivity index (χ3v) is 5.45. The summed E-state index contributed by atoms with van der Waals surface area (Å²) in [5, 5.41) is 1.45. The Morgan fingerprint density at radius 1 is 1.16 bits per heavy atom. The molecule has 1 aromatic carbocycles. The molecule has 1 aromatic heterocycles. The predicted molar refractivity (Wildman–Crippen MR) is 106 cm³/mol. The van der Waals surface area contributed by atoms with Crippen LogP contribution < -0.4 is 0 Å². The molecule has 0 aliphatic carbocycles. The largest absolute Gasteiger partial charge is 0.344 e. The molecule has 2 aliphatic rings. The third-order valence-electron chi connectivity index (χ3n) is 5.45. The van der Waals surface area contributed by atoms with Crippen molar-refractivity contribution in [2.45, 2.75) is 46.2 Å². The van der Waals surface area contributed by atoms with Crippen molar-refractivity contribution in [2.24, 2.45) is 4.99 Å². The zero-order chi connectivity index (χ0) is 17.4. The summed E-state index contributed by atoms with van der Waals surface area (Å²) >= 11 is 0. The number of benzene rings is 1. The van der Waals surface area contributed by atoms with Crippen LogP contribution in [0.4, 0.5) is 0 Å². The molecule has 0 bridgehead atoms. The maximum Gasteiger partial charge on any atom is 0.0486 e. The van der Waals surface area contributed by atoms with E-state index in [1.807, 2.05) is 0 Å². The summed E-state index contributed by atoms with van der Waals surface area (Å²) in [5.74, 6) is 0. The van der Waals surface area contributed by atoms with Crippen LogP contribution in [0.1, 0.15) is 36.6 Å². The Balaban J connectivity index is 1.68. The van der Waals surface area contributed by atoms with Gasteiger partial charge in [-0.25, -0.2) is 0 Å². The second kappa shape index (κ2) is 6.64. The van der Waals surface area contributed by atoms with Crippen LogP contribution in [0.15, 0.2) is 46.6 Å². The Labute approximate surface area is 150 Å². The maximum absolute atomic E-state index is 4.53. The number of likely N-dealkylation sites (N-methyl/N-ethyl adjacent to an activating group) is 1. The molecule has 2 aliphatic heterocycles. The maximum atomic E-state index is 4.53. The molecular weight excluding hydrogens is 306 g/mol. The number of fused-ring (bicyclic) bond motifs is 3. The highest BCUT2D eigenvalue weighted by Gasteiger charge is 2.22. The first kappa shape index (κ1) is 16.3. The van der Waals surface area contributed by atoms with E-state index in [0.29, 0.717) is 0 Å². The van der Waals surface area contributed by atoms with Gasteiger partial charge in [0.15, 0.2) is 0 Å². The van der Waals surface area contributed by atoms with Crippen molar-refractivity contribution < 1.29 is 0 Å². The molecule has 0 radical (unpaired) electrons. The molecular formula is C22H27N3. The normalized spacial score (nSPS) is 18.0. The van der Waals surface area contributed by atoms with Crippen LogP contribution in [-0.4, -0.2) is 29.3 Å². The summed E-state index contributed by atoms with van der Waals surface area (Å²) in [4.78, 5) is 6.96. The Morgan fingerprint density at radius 3 is 2.92 bits per heavy atom. The highest BCUT2D eigenvalue weighted by Crippen LogP contribution is 2.32. The van der Waals surface area contributed by atoms with Crippen LogP contribution >= 0.6 is 0 Å². The lowest BCUT2D eigenvalue weighted by Crippen LogP contribution is -2.27. The van der Waals surface area contributed by atoms with Gasteiger partial charge in [-0.1, -0.05) is 23.8 Å². The van der Waals surface area contributed by atoms with Gasteiger partial charge in [0.25, 0.3) is 0 Å². The summed E-state index contributed by atoms with van der Waals surface area (Å²) in [6.45, 7) is 7.51. The zero-order valence-electron chi connectivity index (χ0n) is 15.5. The minimum absolute atomic E-state index is 0.996. The van der Waals surface area contributed by atoms with E-state index in [1.165, 1.54) is 27.6 Å². The minimum atomic E-state index is 0.996. The van der Waals surface area contributed by atoms with E-state index >= 15 is 0 Å². The molecule has 0 saturated heterocycles. The second-order valence-electron chi connectivity index (χ2n) is 7.45. The minimum Gasteiger partial charge on any atom is -0.344 e. The molecule has 130 valence electrons. The molecule has 25 heavy (non-hydrogen) atoms. The molecule has 0 unspecified atom stereocenters. The van der Waals surface area contributed by atoms with E-state index in [2.05, 4.69) is 71.9 Å². The van der Waals surface area contributed by atoms with Gasteiger partial charge in [-0.2, -0.15) is 0 Å². The van der Waals surface area contributed by atoms with E-state index in [1.54, 1.807) is 5.69 Å². The van der Waals surface area contributed by atoms with Crippen LogP contribution in [0.3, 0.4) is 0 Å². The Hall–Kier alpha value is -2.13. The number of aromatic nitrogens is 1. The number of allylic oxidation sites excluding steroid dienone is 4. The van der Waals surface area contributed by atoms with E-state index in [0.717, 1.165) is 44.6 Å². The third kappa shape index (κ3) is 3.21. The number of hydrogen-bond acceptors (Lipinski definition) is 2. The fourth-order valence-corrected chi connectivity index (χ4v) is 4.03. The number of aryl methyl sites for hydroxylation is 2. The number of rotatable bonds is 3. The highest BCUT2D eigenvalue weighted by molar-refractivity contribution is 5.86. The molecule has 0 spiro atoms. The SMILES string of the molecule is CC1=CCC=C(CCn2c3c(c4cc(C)ccc42)CN(C)CC3)C=N1. The van der Waals surface area contributed by atoms with E-state index < -0.39 is 0 Å². The molecule has 2 aromatic rings. The van der Waals surface area contributed by atoms with Crippen LogP contribution in [0.2, 0.25) is 0 Å². The van der Waals surface area contributed by atoms with Gasteiger partial charge in [0.1, 0.15) is 0 Å². The molecule has 3 nitrogen and oxygen atoms in total. The number of aliphatic imine (C=N–C) groups is 1. The van der Waals surface area contributed by atoms with Gasteiger partial charge >= 0.3 is 0 Å². The standard InChI is InChI=1S/C22H27N3/c1-16-7-8-21-19(13-16)20-15-24(3)11-10-22(20)25(21)12-9-18-6-4-5-17(2)23-14-18/h5-8,13-14H,4,9-12,15H2,1-3H3. The fourth-order valence-electron chi connectivity index (χ4n) is 4.03. The van der Waals surface area contributed by atoms with Crippen molar-refractivity contribution in [2.75, 3.05) is 13.6 Å². The average Bonchev–Trinajstić information content (AvgIpc) is 2.73. The molecule has 0 amide bonds. The smallest absolute Gasteiger partial charge is 0.0486 e. The van der Waals surface area contributed by atoms with Crippen LogP contribution in [0, 0.1) is 6.92 Å². The molecule has 0 saturated carbocycles. The van der Waals surface area contributed by atoms with Crippen LogP contribution in [0.25, 0.3) is 10.9 Å². The van der Waals surface area contributed by atoms with Crippen molar-refractivity contribution in [1.29, 1.82) is 0 Å². The lowest BCUT2D eigenvalue weighted by molar-refractivity contribution is 0.309. The summed E-state index contributed by atoms with van der Waals surface area (Å²) in [6.07, 6.45) is 9.74. The number of hydrogen-bond donors (Lipinski definition) is 0. The summed E-state index contributed by atoms with van der Waals surface area (Å²) in [5.41, 5.74) is 8.29. The number of nitrogens with zero attached hydrogens (tertiary/aromatic N) is 3. The van der Waals surface area contributed by atoms with Gasteiger partial charge in [0, 0.05) is 54.6 Å². The van der Waals surface area contributed by atoms with Crippen LogP contribution in [-0.2, 0) is 19.5 Å². The summed E-state index contributed by atoms with van der Waals surface area (Å²) in [6, 6.07) is 6.92. The quantitative estimate of drug-likeness (QED) is 0.802.